The van der Waals surface area contributed by atoms with Crippen molar-refractivity contribution in [1.82, 2.24) is 15.1 Å². The van der Waals surface area contributed by atoms with Crippen LogP contribution in [0.4, 0.5) is 10.5 Å². The fraction of sp³-hybridized carbons (Fsp3) is 0.160. The van der Waals surface area contributed by atoms with Crippen molar-refractivity contribution in [2.75, 3.05) is 5.32 Å². The Morgan fingerprint density at radius 2 is 1.91 bits per heavy atom. The third kappa shape index (κ3) is 5.03. The molecule has 1 aliphatic carbocycles. The summed E-state index contributed by atoms with van der Waals surface area (Å²) in [5.74, 6) is -0.0590. The highest BCUT2D eigenvalue weighted by molar-refractivity contribution is 6.42. The van der Waals surface area contributed by atoms with E-state index in [1.54, 1.807) is 48.5 Å². The van der Waals surface area contributed by atoms with Gasteiger partial charge in [0.25, 0.3) is 5.91 Å². The molecule has 0 bridgehead atoms. The molecular weight excluding hydrogens is 491 g/mol. The van der Waals surface area contributed by atoms with Crippen molar-refractivity contribution in [3.8, 4) is 17.0 Å². The lowest BCUT2D eigenvalue weighted by Gasteiger charge is -2.09. The number of hydrogen-bond acceptors (Lipinski definition) is 5. The van der Waals surface area contributed by atoms with E-state index in [9.17, 15) is 14.7 Å². The second-order valence-electron chi connectivity index (χ2n) is 8.21. The molecule has 3 N–H and O–H groups in total. The van der Waals surface area contributed by atoms with Crippen LogP contribution in [-0.2, 0) is 6.54 Å². The van der Waals surface area contributed by atoms with Gasteiger partial charge in [-0.25, -0.2) is 4.79 Å². The molecule has 0 radical (unpaired) electrons. The fourth-order valence-electron chi connectivity index (χ4n) is 3.68. The number of phenols is 1. The molecule has 35 heavy (non-hydrogen) atoms. The zero-order valence-corrected chi connectivity index (χ0v) is 19.8. The second-order valence-corrected chi connectivity index (χ2v) is 9.03. The maximum atomic E-state index is 13.0. The van der Waals surface area contributed by atoms with E-state index in [1.807, 2.05) is 0 Å². The zero-order valence-electron chi connectivity index (χ0n) is 18.3. The normalized spacial score (nSPS) is 13.0. The summed E-state index contributed by atoms with van der Waals surface area (Å²) >= 11 is 12.0. The molecule has 5 rings (SSSR count). The molecule has 8 nitrogen and oxygen atoms in total. The van der Waals surface area contributed by atoms with E-state index in [2.05, 4.69) is 15.7 Å². The minimum absolute atomic E-state index is 0.0239. The second kappa shape index (κ2) is 9.48. The van der Waals surface area contributed by atoms with Crippen molar-refractivity contribution in [2.24, 2.45) is 0 Å². The molecule has 0 spiro atoms. The fourth-order valence-corrected chi connectivity index (χ4v) is 4.00. The summed E-state index contributed by atoms with van der Waals surface area (Å²) in [5.41, 5.74) is 2.82. The largest absolute Gasteiger partial charge is 0.507 e. The van der Waals surface area contributed by atoms with E-state index in [0.29, 0.717) is 27.0 Å². The van der Waals surface area contributed by atoms with Crippen molar-refractivity contribution in [2.45, 2.75) is 25.3 Å². The SMILES string of the molecule is O=C(Nc1ccc(O)c(-c2cc(C3CC3)n(C(=O)NCc3ccc(Cl)c(Cl)c3)n2)c1)c1ccco1. The van der Waals surface area contributed by atoms with Crippen LogP contribution in [0.15, 0.2) is 65.3 Å². The van der Waals surface area contributed by atoms with E-state index in [4.69, 9.17) is 27.6 Å². The number of carbonyl (C=O) groups excluding carboxylic acids is 2. The van der Waals surface area contributed by atoms with Gasteiger partial charge in [-0.2, -0.15) is 9.78 Å². The molecule has 0 aliphatic heterocycles. The van der Waals surface area contributed by atoms with Crippen molar-refractivity contribution < 1.29 is 19.1 Å². The first-order valence-corrected chi connectivity index (χ1v) is 11.6. The number of hydrogen-bond donors (Lipinski definition) is 3. The lowest BCUT2D eigenvalue weighted by Crippen LogP contribution is -2.30. The topological polar surface area (TPSA) is 109 Å². The maximum Gasteiger partial charge on any atom is 0.342 e. The first-order chi connectivity index (χ1) is 16.9. The van der Waals surface area contributed by atoms with E-state index < -0.39 is 11.9 Å². The number of benzene rings is 2. The molecule has 2 aromatic heterocycles. The molecule has 0 atom stereocenters. The number of rotatable bonds is 6. The van der Waals surface area contributed by atoms with Gasteiger partial charge in [0.1, 0.15) is 5.75 Å². The van der Waals surface area contributed by atoms with Crippen molar-refractivity contribution >= 4 is 40.8 Å². The molecule has 4 aromatic rings. The van der Waals surface area contributed by atoms with Gasteiger partial charge >= 0.3 is 6.03 Å². The number of phenolic OH excluding ortho intramolecular Hbond substituents is 1. The summed E-state index contributed by atoms with van der Waals surface area (Å²) in [5, 5.41) is 21.4. The average molecular weight is 511 g/mol. The Hall–Kier alpha value is -3.75. The molecule has 178 valence electrons. The Morgan fingerprint density at radius 1 is 1.09 bits per heavy atom. The summed E-state index contributed by atoms with van der Waals surface area (Å²) in [6.07, 6.45) is 3.32. The van der Waals surface area contributed by atoms with Crippen molar-refractivity contribution in [3.63, 3.8) is 0 Å². The van der Waals surface area contributed by atoms with Crippen LogP contribution in [0.5, 0.6) is 5.75 Å². The summed E-state index contributed by atoms with van der Waals surface area (Å²) in [6.45, 7) is 0.245. The third-order valence-electron chi connectivity index (χ3n) is 5.63. The average Bonchev–Trinajstić information content (AvgIpc) is 3.35. The van der Waals surface area contributed by atoms with Gasteiger partial charge in [-0.1, -0.05) is 29.3 Å². The number of halogens is 2. The number of carbonyl (C=O) groups is 2. The molecule has 1 fully saturated rings. The number of nitrogens with one attached hydrogen (secondary N) is 2. The molecule has 1 saturated carbocycles. The van der Waals surface area contributed by atoms with Gasteiger partial charge in [0.05, 0.1) is 27.7 Å². The van der Waals surface area contributed by atoms with Crippen LogP contribution in [0.1, 0.15) is 40.6 Å². The molecule has 2 heterocycles. The van der Waals surface area contributed by atoms with Crippen molar-refractivity contribution in [1.29, 1.82) is 0 Å². The highest BCUT2D eigenvalue weighted by atomic mass is 35.5. The van der Waals surface area contributed by atoms with Gasteiger partial charge in [0.15, 0.2) is 5.76 Å². The van der Waals surface area contributed by atoms with E-state index in [0.717, 1.165) is 24.1 Å². The van der Waals surface area contributed by atoms with Crippen LogP contribution < -0.4 is 10.6 Å². The van der Waals surface area contributed by atoms with Crippen LogP contribution >= 0.6 is 23.2 Å². The van der Waals surface area contributed by atoms with E-state index in [1.165, 1.54) is 17.0 Å². The van der Waals surface area contributed by atoms with Crippen LogP contribution in [0.3, 0.4) is 0 Å². The minimum Gasteiger partial charge on any atom is -0.507 e. The van der Waals surface area contributed by atoms with Gasteiger partial charge in [-0.05, 0) is 66.9 Å². The monoisotopic (exact) mass is 510 g/mol. The molecule has 0 unspecified atom stereocenters. The first kappa shape index (κ1) is 23.0. The minimum atomic E-state index is -0.419. The smallest absolute Gasteiger partial charge is 0.342 e. The molecule has 2 amide bonds. The van der Waals surface area contributed by atoms with Gasteiger partial charge in [-0.15, -0.1) is 0 Å². The van der Waals surface area contributed by atoms with Crippen LogP contribution in [0.25, 0.3) is 11.3 Å². The predicted octanol–water partition coefficient (Wildman–Crippen LogP) is 6.04. The van der Waals surface area contributed by atoms with E-state index >= 15 is 0 Å². The number of aromatic hydroxyl groups is 1. The molecule has 0 saturated heterocycles. The predicted molar refractivity (Wildman–Crippen MR) is 132 cm³/mol. The van der Waals surface area contributed by atoms with Gasteiger partial charge in [0, 0.05) is 23.7 Å². The maximum absolute atomic E-state index is 13.0. The van der Waals surface area contributed by atoms with Crippen LogP contribution in [0.2, 0.25) is 10.0 Å². The summed E-state index contributed by atoms with van der Waals surface area (Å²) in [4.78, 5) is 25.3. The lowest BCUT2D eigenvalue weighted by atomic mass is 10.1. The Bertz CT molecular complexity index is 1410. The van der Waals surface area contributed by atoms with Crippen LogP contribution in [0, 0.1) is 0 Å². The van der Waals surface area contributed by atoms with E-state index in [-0.39, 0.29) is 24.0 Å². The Balaban J connectivity index is 1.38. The quantitative estimate of drug-likeness (QED) is 0.274. The molecular formula is C25H20Cl2N4O4. The Morgan fingerprint density at radius 3 is 2.63 bits per heavy atom. The number of anilines is 1. The first-order valence-electron chi connectivity index (χ1n) is 10.9. The standard InChI is InChI=1S/C25H20Cl2N4O4/c26-18-7-3-14(10-19(18)27)13-28-25(34)31-21(15-4-5-15)12-20(30-31)17-11-16(6-8-22(17)32)29-24(33)23-2-1-9-35-23/h1-3,6-12,15,32H,4-5,13H2,(H,28,34)(H,29,33). The number of furan rings is 1. The highest BCUT2D eigenvalue weighted by Gasteiger charge is 2.31. The number of amides is 2. The van der Waals surface area contributed by atoms with Crippen LogP contribution in [-0.4, -0.2) is 26.8 Å². The lowest BCUT2D eigenvalue weighted by molar-refractivity contribution is 0.0996. The number of aromatic nitrogens is 2. The van der Waals surface area contributed by atoms with Gasteiger partial charge in [0.2, 0.25) is 0 Å². The summed E-state index contributed by atoms with van der Waals surface area (Å²) < 4.78 is 6.45. The van der Waals surface area contributed by atoms with Gasteiger partial charge < -0.3 is 20.2 Å². The highest BCUT2D eigenvalue weighted by Crippen LogP contribution is 2.42. The Kier molecular flexibility index (Phi) is 6.23. The third-order valence-corrected chi connectivity index (χ3v) is 6.37. The zero-order chi connectivity index (χ0) is 24.5. The molecule has 1 aliphatic rings. The number of nitrogens with zero attached hydrogens (tertiary/aromatic N) is 2. The molecule has 10 heteroatoms. The summed E-state index contributed by atoms with van der Waals surface area (Å²) in [7, 11) is 0. The van der Waals surface area contributed by atoms with Crippen molar-refractivity contribution in [3.05, 3.63) is 87.9 Å². The Labute approximate surface area is 210 Å². The van der Waals surface area contributed by atoms with Gasteiger partial charge in [-0.3, -0.25) is 4.79 Å². The molecule has 2 aromatic carbocycles. The summed E-state index contributed by atoms with van der Waals surface area (Å²) in [6, 6.07) is 14.4.